The Kier molecular flexibility index (Phi) is 4.92. The predicted octanol–water partition coefficient (Wildman–Crippen LogP) is 2.73. The average molecular weight is 260 g/mol. The molecule has 0 fully saturated rings. The Hall–Kier alpha value is -1.88. The SMILES string of the molecule is CCCCN(c1ccccc1)c1nnc(CNC)o1. The van der Waals surface area contributed by atoms with E-state index in [-0.39, 0.29) is 0 Å². The van der Waals surface area contributed by atoms with Crippen molar-refractivity contribution in [2.75, 3.05) is 18.5 Å². The zero-order chi connectivity index (χ0) is 13.5. The normalized spacial score (nSPS) is 10.6. The molecule has 5 heteroatoms. The van der Waals surface area contributed by atoms with E-state index in [1.807, 2.05) is 25.2 Å². The lowest BCUT2D eigenvalue weighted by Crippen LogP contribution is -2.18. The van der Waals surface area contributed by atoms with E-state index in [9.17, 15) is 0 Å². The van der Waals surface area contributed by atoms with Crippen molar-refractivity contribution in [3.05, 3.63) is 36.2 Å². The lowest BCUT2D eigenvalue weighted by molar-refractivity contribution is 0.478. The Labute approximate surface area is 113 Å². The number of rotatable bonds is 7. The first-order valence-corrected chi connectivity index (χ1v) is 6.64. The summed E-state index contributed by atoms with van der Waals surface area (Å²) in [4.78, 5) is 2.07. The van der Waals surface area contributed by atoms with Gasteiger partial charge in [0.1, 0.15) is 0 Å². The molecule has 2 rings (SSSR count). The summed E-state index contributed by atoms with van der Waals surface area (Å²) in [6, 6.07) is 10.7. The van der Waals surface area contributed by atoms with Crippen molar-refractivity contribution in [1.82, 2.24) is 15.5 Å². The van der Waals surface area contributed by atoms with Gasteiger partial charge in [-0.3, -0.25) is 4.90 Å². The molecule has 0 aliphatic carbocycles. The first-order valence-electron chi connectivity index (χ1n) is 6.64. The number of nitrogens with one attached hydrogen (secondary N) is 1. The van der Waals surface area contributed by atoms with Crippen molar-refractivity contribution in [3.8, 4) is 0 Å². The quantitative estimate of drug-likeness (QED) is 0.829. The number of hydrogen-bond acceptors (Lipinski definition) is 5. The minimum Gasteiger partial charge on any atom is -0.406 e. The molecule has 1 heterocycles. The molecular weight excluding hydrogens is 240 g/mol. The summed E-state index contributed by atoms with van der Waals surface area (Å²) in [7, 11) is 1.86. The van der Waals surface area contributed by atoms with Crippen LogP contribution >= 0.6 is 0 Å². The number of benzene rings is 1. The van der Waals surface area contributed by atoms with Gasteiger partial charge in [-0.15, -0.1) is 5.10 Å². The third kappa shape index (κ3) is 3.54. The highest BCUT2D eigenvalue weighted by molar-refractivity contribution is 5.55. The fraction of sp³-hybridized carbons (Fsp3) is 0.429. The number of nitrogens with zero attached hydrogens (tertiary/aromatic N) is 3. The van der Waals surface area contributed by atoms with Crippen LogP contribution in [0.5, 0.6) is 0 Å². The van der Waals surface area contributed by atoms with Crippen molar-refractivity contribution in [1.29, 1.82) is 0 Å². The Morgan fingerprint density at radius 3 is 2.68 bits per heavy atom. The summed E-state index contributed by atoms with van der Waals surface area (Å²) >= 11 is 0. The van der Waals surface area contributed by atoms with Crippen molar-refractivity contribution in [2.24, 2.45) is 0 Å². The largest absolute Gasteiger partial charge is 0.406 e. The maximum atomic E-state index is 5.68. The molecule has 0 bridgehead atoms. The van der Waals surface area contributed by atoms with E-state index in [4.69, 9.17) is 4.42 Å². The number of para-hydroxylation sites is 1. The molecule has 1 N–H and O–H groups in total. The molecule has 1 aromatic carbocycles. The van der Waals surface area contributed by atoms with Gasteiger partial charge in [0.05, 0.1) is 6.54 Å². The van der Waals surface area contributed by atoms with Crippen LogP contribution in [0.25, 0.3) is 0 Å². The number of hydrogen-bond donors (Lipinski definition) is 1. The first kappa shape index (κ1) is 13.5. The van der Waals surface area contributed by atoms with Crippen molar-refractivity contribution >= 4 is 11.7 Å². The molecular formula is C14H20N4O. The van der Waals surface area contributed by atoms with Crippen LogP contribution in [0.3, 0.4) is 0 Å². The van der Waals surface area contributed by atoms with Crippen molar-refractivity contribution < 1.29 is 4.42 Å². The molecule has 0 saturated carbocycles. The fourth-order valence-electron chi connectivity index (χ4n) is 1.84. The topological polar surface area (TPSA) is 54.2 Å². The summed E-state index contributed by atoms with van der Waals surface area (Å²) < 4.78 is 5.68. The average Bonchev–Trinajstić information content (AvgIpc) is 2.89. The lowest BCUT2D eigenvalue weighted by Gasteiger charge is -2.19. The van der Waals surface area contributed by atoms with Crippen LogP contribution in [0.15, 0.2) is 34.7 Å². The van der Waals surface area contributed by atoms with Crippen LogP contribution < -0.4 is 10.2 Å². The highest BCUT2D eigenvalue weighted by Gasteiger charge is 2.15. The van der Waals surface area contributed by atoms with Gasteiger partial charge < -0.3 is 9.73 Å². The van der Waals surface area contributed by atoms with E-state index in [1.165, 1.54) is 0 Å². The van der Waals surface area contributed by atoms with Crippen molar-refractivity contribution in [3.63, 3.8) is 0 Å². The fourth-order valence-corrected chi connectivity index (χ4v) is 1.84. The highest BCUT2D eigenvalue weighted by Crippen LogP contribution is 2.24. The summed E-state index contributed by atoms with van der Waals surface area (Å²) in [5.41, 5.74) is 1.08. The molecule has 0 atom stereocenters. The van der Waals surface area contributed by atoms with Gasteiger partial charge in [-0.05, 0) is 25.6 Å². The van der Waals surface area contributed by atoms with E-state index in [0.717, 1.165) is 25.1 Å². The molecule has 1 aromatic heterocycles. The van der Waals surface area contributed by atoms with Gasteiger partial charge in [-0.1, -0.05) is 36.6 Å². The lowest BCUT2D eigenvalue weighted by atomic mass is 10.2. The van der Waals surface area contributed by atoms with Crippen molar-refractivity contribution in [2.45, 2.75) is 26.3 Å². The second-order valence-corrected chi connectivity index (χ2v) is 4.35. The molecule has 19 heavy (non-hydrogen) atoms. The molecule has 0 radical (unpaired) electrons. The van der Waals surface area contributed by atoms with E-state index in [1.54, 1.807) is 0 Å². The third-order valence-electron chi connectivity index (χ3n) is 2.82. The summed E-state index contributed by atoms with van der Waals surface area (Å²) in [6.07, 6.45) is 2.21. The van der Waals surface area contributed by atoms with E-state index >= 15 is 0 Å². The molecule has 102 valence electrons. The second-order valence-electron chi connectivity index (χ2n) is 4.35. The summed E-state index contributed by atoms with van der Waals surface area (Å²) in [5.74, 6) is 0.606. The predicted molar refractivity (Wildman–Crippen MR) is 75.4 cm³/mol. The Bertz CT molecular complexity index is 483. The highest BCUT2D eigenvalue weighted by atomic mass is 16.4. The molecule has 5 nitrogen and oxygen atoms in total. The Morgan fingerprint density at radius 2 is 2.00 bits per heavy atom. The van der Waals surface area contributed by atoms with E-state index in [2.05, 4.69) is 39.5 Å². The summed E-state index contributed by atoms with van der Waals surface area (Å²) in [5, 5.41) is 11.2. The van der Waals surface area contributed by atoms with Gasteiger partial charge in [0.2, 0.25) is 5.89 Å². The Morgan fingerprint density at radius 1 is 1.21 bits per heavy atom. The van der Waals surface area contributed by atoms with Gasteiger partial charge in [0.25, 0.3) is 0 Å². The van der Waals surface area contributed by atoms with Crippen LogP contribution in [0.1, 0.15) is 25.7 Å². The van der Waals surface area contributed by atoms with Crippen LogP contribution in [-0.4, -0.2) is 23.8 Å². The third-order valence-corrected chi connectivity index (χ3v) is 2.82. The molecule has 0 amide bonds. The molecule has 0 aliphatic heterocycles. The van der Waals surface area contributed by atoms with Crippen LogP contribution in [0.4, 0.5) is 11.7 Å². The molecule has 0 saturated heterocycles. The smallest absolute Gasteiger partial charge is 0.322 e. The Balaban J connectivity index is 2.21. The zero-order valence-electron chi connectivity index (χ0n) is 11.5. The van der Waals surface area contributed by atoms with E-state index in [0.29, 0.717) is 18.5 Å². The second kappa shape index (κ2) is 6.89. The van der Waals surface area contributed by atoms with E-state index < -0.39 is 0 Å². The number of aromatic nitrogens is 2. The maximum absolute atomic E-state index is 5.68. The summed E-state index contributed by atoms with van der Waals surface area (Å²) in [6.45, 7) is 3.63. The van der Waals surface area contributed by atoms with Gasteiger partial charge in [0.15, 0.2) is 0 Å². The zero-order valence-corrected chi connectivity index (χ0v) is 11.5. The molecule has 0 spiro atoms. The molecule has 2 aromatic rings. The number of unbranched alkanes of at least 4 members (excludes halogenated alkanes) is 1. The number of anilines is 2. The first-order chi connectivity index (χ1) is 9.35. The molecule has 0 unspecified atom stereocenters. The molecule has 0 aliphatic rings. The maximum Gasteiger partial charge on any atom is 0.322 e. The van der Waals surface area contributed by atoms with Gasteiger partial charge >= 0.3 is 6.01 Å². The van der Waals surface area contributed by atoms with Crippen LogP contribution in [0.2, 0.25) is 0 Å². The van der Waals surface area contributed by atoms with Crippen LogP contribution in [-0.2, 0) is 6.54 Å². The minimum absolute atomic E-state index is 0.560. The van der Waals surface area contributed by atoms with Crippen LogP contribution in [0, 0.1) is 0 Å². The minimum atomic E-state index is 0.560. The monoisotopic (exact) mass is 260 g/mol. The van der Waals surface area contributed by atoms with Gasteiger partial charge in [-0.25, -0.2) is 0 Å². The van der Waals surface area contributed by atoms with Gasteiger partial charge in [-0.2, -0.15) is 0 Å². The standard InChI is InChI=1S/C14H20N4O/c1-3-4-10-18(12-8-6-5-7-9-12)14-17-16-13(19-14)11-15-2/h5-9,15H,3-4,10-11H2,1-2H3. The van der Waals surface area contributed by atoms with Gasteiger partial charge in [0, 0.05) is 12.2 Å².